The topological polar surface area (TPSA) is 73.2 Å². The molecule has 1 N–H and O–H groups in total. The summed E-state index contributed by atoms with van der Waals surface area (Å²) in [5, 5.41) is 8.78. The Labute approximate surface area is 186 Å². The Hall–Kier alpha value is -4.14. The molecule has 0 fully saturated rings. The van der Waals surface area contributed by atoms with Gasteiger partial charge in [-0.1, -0.05) is 60.7 Å². The zero-order valence-corrected chi connectivity index (χ0v) is 17.2. The maximum Gasteiger partial charge on any atom is 0.573 e. The molecular weight excluding hydrogens is 435 g/mol. The molecule has 33 heavy (non-hydrogen) atoms. The minimum atomic E-state index is -4.85. The summed E-state index contributed by atoms with van der Waals surface area (Å²) in [6.45, 7) is -0.595. The summed E-state index contributed by atoms with van der Waals surface area (Å²) in [6.07, 6.45) is -4.85. The molecule has 1 amide bonds. The average Bonchev–Trinajstić information content (AvgIpc) is 2.78. The van der Waals surface area contributed by atoms with Crippen LogP contribution in [0.4, 0.5) is 13.2 Å². The third-order valence-electron chi connectivity index (χ3n) is 4.90. The standard InChI is InChI=1S/C24H18F3N3O3/c25-24(26,27)33-21-11-4-2-7-17(21)14-28-22(31)15-30-23(32)13-12-20(29-30)19-10-5-8-16-6-1-3-9-18(16)19/h1-13H,14-15H2,(H,28,31). The van der Waals surface area contributed by atoms with Crippen LogP contribution >= 0.6 is 0 Å². The van der Waals surface area contributed by atoms with Crippen LogP contribution < -0.4 is 15.6 Å². The highest BCUT2D eigenvalue weighted by Gasteiger charge is 2.32. The molecule has 0 bridgehead atoms. The van der Waals surface area contributed by atoms with E-state index in [4.69, 9.17) is 0 Å². The van der Waals surface area contributed by atoms with E-state index < -0.39 is 23.6 Å². The number of hydrogen-bond acceptors (Lipinski definition) is 4. The number of alkyl halides is 3. The zero-order chi connectivity index (χ0) is 23.4. The summed E-state index contributed by atoms with van der Waals surface area (Å²) >= 11 is 0. The SMILES string of the molecule is O=C(Cn1nc(-c2cccc3ccccc23)ccc1=O)NCc1ccccc1OC(F)(F)F. The molecule has 4 aromatic rings. The van der Waals surface area contributed by atoms with Crippen molar-refractivity contribution < 1.29 is 22.7 Å². The molecule has 0 saturated heterocycles. The van der Waals surface area contributed by atoms with E-state index in [1.807, 2.05) is 42.5 Å². The van der Waals surface area contributed by atoms with Crippen LogP contribution in [0.1, 0.15) is 5.56 Å². The van der Waals surface area contributed by atoms with Gasteiger partial charge < -0.3 is 10.1 Å². The van der Waals surface area contributed by atoms with E-state index in [0.717, 1.165) is 27.1 Å². The first kappa shape index (κ1) is 22.1. The van der Waals surface area contributed by atoms with E-state index in [-0.39, 0.29) is 18.7 Å². The van der Waals surface area contributed by atoms with Crippen LogP contribution in [0.15, 0.2) is 83.7 Å². The van der Waals surface area contributed by atoms with Gasteiger partial charge >= 0.3 is 6.36 Å². The first-order valence-corrected chi connectivity index (χ1v) is 9.97. The Morgan fingerprint density at radius 2 is 1.67 bits per heavy atom. The van der Waals surface area contributed by atoms with Crippen LogP contribution in [0.25, 0.3) is 22.0 Å². The fourth-order valence-corrected chi connectivity index (χ4v) is 3.41. The molecule has 4 rings (SSSR count). The van der Waals surface area contributed by atoms with Crippen molar-refractivity contribution in [1.82, 2.24) is 15.1 Å². The van der Waals surface area contributed by atoms with Crippen LogP contribution in [0.3, 0.4) is 0 Å². The summed E-state index contributed by atoms with van der Waals surface area (Å²) in [5.41, 5.74) is 0.992. The molecule has 0 aliphatic carbocycles. The first-order chi connectivity index (χ1) is 15.8. The maximum absolute atomic E-state index is 12.6. The Balaban J connectivity index is 1.51. The number of ether oxygens (including phenoxy) is 1. The molecule has 0 aliphatic rings. The van der Waals surface area contributed by atoms with Gasteiger partial charge in [-0.15, -0.1) is 13.2 Å². The molecular formula is C24H18F3N3O3. The molecule has 0 atom stereocenters. The number of nitrogens with one attached hydrogen (secondary N) is 1. The third-order valence-corrected chi connectivity index (χ3v) is 4.90. The Bertz CT molecular complexity index is 1360. The normalized spacial score (nSPS) is 11.4. The molecule has 1 aromatic heterocycles. The number of benzene rings is 3. The van der Waals surface area contributed by atoms with Crippen molar-refractivity contribution in [3.8, 4) is 17.0 Å². The minimum Gasteiger partial charge on any atom is -0.405 e. The van der Waals surface area contributed by atoms with Crippen molar-refractivity contribution >= 4 is 16.7 Å². The first-order valence-electron chi connectivity index (χ1n) is 9.97. The van der Waals surface area contributed by atoms with E-state index in [0.29, 0.717) is 5.69 Å². The van der Waals surface area contributed by atoms with Crippen LogP contribution in [0.5, 0.6) is 5.75 Å². The second kappa shape index (κ2) is 9.15. The quantitative estimate of drug-likeness (QED) is 0.473. The van der Waals surface area contributed by atoms with E-state index >= 15 is 0 Å². The monoisotopic (exact) mass is 453 g/mol. The number of halogens is 3. The maximum atomic E-state index is 12.6. The van der Waals surface area contributed by atoms with Crippen molar-refractivity contribution in [2.24, 2.45) is 0 Å². The molecule has 1 heterocycles. The summed E-state index contributed by atoms with van der Waals surface area (Å²) in [5.74, 6) is -0.986. The Morgan fingerprint density at radius 3 is 2.48 bits per heavy atom. The van der Waals surface area contributed by atoms with E-state index in [2.05, 4.69) is 15.2 Å². The van der Waals surface area contributed by atoms with Gasteiger partial charge in [-0.05, 0) is 22.9 Å². The summed E-state index contributed by atoms with van der Waals surface area (Å²) in [6, 6.07) is 21.8. The van der Waals surface area contributed by atoms with Crippen LogP contribution in [0.2, 0.25) is 0 Å². The number of rotatable bonds is 6. The summed E-state index contributed by atoms with van der Waals surface area (Å²) < 4.78 is 42.7. The van der Waals surface area contributed by atoms with Crippen molar-refractivity contribution in [3.05, 3.63) is 94.8 Å². The van der Waals surface area contributed by atoms with Crippen molar-refractivity contribution in [1.29, 1.82) is 0 Å². The number of amides is 1. The van der Waals surface area contributed by atoms with Crippen molar-refractivity contribution in [2.75, 3.05) is 0 Å². The number of aromatic nitrogens is 2. The lowest BCUT2D eigenvalue weighted by Crippen LogP contribution is -2.33. The molecule has 3 aromatic carbocycles. The number of para-hydroxylation sites is 1. The summed E-state index contributed by atoms with van der Waals surface area (Å²) in [7, 11) is 0. The predicted octanol–water partition coefficient (Wildman–Crippen LogP) is 4.28. The molecule has 0 saturated carbocycles. The van der Waals surface area contributed by atoms with Gasteiger partial charge in [0.05, 0.1) is 5.69 Å². The molecule has 0 unspecified atom stereocenters. The van der Waals surface area contributed by atoms with E-state index in [1.54, 1.807) is 6.07 Å². The van der Waals surface area contributed by atoms with Gasteiger partial charge in [0.2, 0.25) is 5.91 Å². The molecule has 6 nitrogen and oxygen atoms in total. The van der Waals surface area contributed by atoms with Gasteiger partial charge in [0.1, 0.15) is 12.3 Å². The van der Waals surface area contributed by atoms with Crippen molar-refractivity contribution in [3.63, 3.8) is 0 Å². The molecule has 0 radical (unpaired) electrons. The Kier molecular flexibility index (Phi) is 6.12. The van der Waals surface area contributed by atoms with Gasteiger partial charge in [-0.3, -0.25) is 9.59 Å². The van der Waals surface area contributed by atoms with E-state index in [1.165, 1.54) is 24.3 Å². The molecule has 0 aliphatic heterocycles. The van der Waals surface area contributed by atoms with Gasteiger partial charge in [-0.25, -0.2) is 4.68 Å². The minimum absolute atomic E-state index is 0.146. The predicted molar refractivity (Wildman–Crippen MR) is 116 cm³/mol. The summed E-state index contributed by atoms with van der Waals surface area (Å²) in [4.78, 5) is 24.7. The van der Waals surface area contributed by atoms with Gasteiger partial charge in [-0.2, -0.15) is 5.10 Å². The lowest BCUT2D eigenvalue weighted by atomic mass is 10.0. The fourth-order valence-electron chi connectivity index (χ4n) is 3.41. The smallest absolute Gasteiger partial charge is 0.405 e. The number of hydrogen-bond donors (Lipinski definition) is 1. The number of fused-ring (bicyclic) bond motifs is 1. The number of carbonyl (C=O) groups excluding carboxylic acids is 1. The van der Waals surface area contributed by atoms with Crippen molar-refractivity contribution in [2.45, 2.75) is 19.5 Å². The third kappa shape index (κ3) is 5.38. The lowest BCUT2D eigenvalue weighted by Gasteiger charge is -2.14. The highest BCUT2D eigenvalue weighted by atomic mass is 19.4. The van der Waals surface area contributed by atoms with Gasteiger partial charge in [0.25, 0.3) is 5.56 Å². The molecule has 168 valence electrons. The van der Waals surface area contributed by atoms with Gasteiger partial charge in [0, 0.05) is 23.7 Å². The highest BCUT2D eigenvalue weighted by Crippen LogP contribution is 2.27. The number of nitrogens with zero attached hydrogens (tertiary/aromatic N) is 2. The average molecular weight is 453 g/mol. The number of carbonyl (C=O) groups is 1. The largest absolute Gasteiger partial charge is 0.573 e. The van der Waals surface area contributed by atoms with Crippen LogP contribution in [-0.4, -0.2) is 22.1 Å². The Morgan fingerprint density at radius 1 is 0.939 bits per heavy atom. The lowest BCUT2D eigenvalue weighted by molar-refractivity contribution is -0.274. The molecule has 0 spiro atoms. The second-order valence-electron chi connectivity index (χ2n) is 7.17. The highest BCUT2D eigenvalue weighted by molar-refractivity contribution is 5.95. The molecule has 9 heteroatoms. The second-order valence-corrected chi connectivity index (χ2v) is 7.17. The van der Waals surface area contributed by atoms with Gasteiger partial charge in [0.15, 0.2) is 0 Å². The fraction of sp³-hybridized carbons (Fsp3) is 0.125. The van der Waals surface area contributed by atoms with E-state index in [9.17, 15) is 22.8 Å². The zero-order valence-electron chi connectivity index (χ0n) is 17.2. The van der Waals surface area contributed by atoms with Crippen LogP contribution in [-0.2, 0) is 17.9 Å². The van der Waals surface area contributed by atoms with Crippen LogP contribution in [0, 0.1) is 0 Å².